The lowest BCUT2D eigenvalue weighted by Gasteiger charge is -2.29. The molecule has 2 aliphatic heterocycles. The number of Topliss-reactive ketones (excluding diaryl/α,β-unsaturated/α-hetero) is 1. The molecule has 0 bridgehead atoms. The fourth-order valence-electron chi connectivity index (χ4n) is 5.52. The Kier molecular flexibility index (Phi) is 7.96. The van der Waals surface area contributed by atoms with Gasteiger partial charge in [0.1, 0.15) is 23.6 Å². The van der Waals surface area contributed by atoms with Crippen molar-refractivity contribution in [3.63, 3.8) is 0 Å². The topological polar surface area (TPSA) is 96.0 Å². The number of ketones is 1. The van der Waals surface area contributed by atoms with E-state index in [4.69, 9.17) is 4.74 Å². The summed E-state index contributed by atoms with van der Waals surface area (Å²) < 4.78 is 5.80. The number of hydrogen-bond donors (Lipinski definition) is 1. The summed E-state index contributed by atoms with van der Waals surface area (Å²) in [6, 6.07) is 23.1. The molecule has 5 rings (SSSR count). The molecule has 2 saturated heterocycles. The van der Waals surface area contributed by atoms with Crippen molar-refractivity contribution in [1.29, 1.82) is 0 Å². The zero-order valence-electron chi connectivity index (χ0n) is 22.7. The van der Waals surface area contributed by atoms with Gasteiger partial charge < -0.3 is 19.9 Å². The summed E-state index contributed by atoms with van der Waals surface area (Å²) in [5.41, 5.74) is 0.920. The quantitative estimate of drug-likeness (QED) is 0.460. The zero-order valence-corrected chi connectivity index (χ0v) is 22.7. The lowest BCUT2D eigenvalue weighted by Crippen LogP contribution is -2.53. The molecule has 0 radical (unpaired) electrons. The van der Waals surface area contributed by atoms with E-state index in [0.717, 1.165) is 0 Å². The molecular weight excluding hydrogens is 506 g/mol. The molecule has 8 heteroatoms. The number of fused-ring (bicyclic) bond motifs is 1. The van der Waals surface area contributed by atoms with Crippen molar-refractivity contribution in [1.82, 2.24) is 15.1 Å². The number of likely N-dealkylation sites (tertiary alicyclic amines) is 2. The SMILES string of the molecule is CC(C)C[C@H](NC(=O)c1ccc(Oc2ccccc2)cc1)C(=O)N1CCC2[C@H]1C(=O)CN2C(=O)c1ccccc1. The van der Waals surface area contributed by atoms with E-state index in [2.05, 4.69) is 5.32 Å². The molecule has 1 unspecified atom stereocenters. The molecule has 40 heavy (non-hydrogen) atoms. The number of carbonyl (C=O) groups excluding carboxylic acids is 4. The fourth-order valence-corrected chi connectivity index (χ4v) is 5.52. The van der Waals surface area contributed by atoms with Crippen LogP contribution in [0.4, 0.5) is 0 Å². The molecule has 0 saturated carbocycles. The van der Waals surface area contributed by atoms with Gasteiger partial charge in [0.15, 0.2) is 5.78 Å². The van der Waals surface area contributed by atoms with Gasteiger partial charge in [0, 0.05) is 17.7 Å². The van der Waals surface area contributed by atoms with Crippen LogP contribution in [0.15, 0.2) is 84.9 Å². The van der Waals surface area contributed by atoms with E-state index in [-0.39, 0.29) is 42.0 Å². The average molecular weight is 540 g/mol. The minimum atomic E-state index is -0.793. The Hall–Kier alpha value is -4.46. The highest BCUT2D eigenvalue weighted by atomic mass is 16.5. The summed E-state index contributed by atoms with van der Waals surface area (Å²) in [4.78, 5) is 56.3. The Bertz CT molecular complexity index is 1370. The normalized spacial score (nSPS) is 18.9. The number of benzene rings is 3. The third-order valence-corrected chi connectivity index (χ3v) is 7.39. The lowest BCUT2D eigenvalue weighted by atomic mass is 10.0. The smallest absolute Gasteiger partial charge is 0.254 e. The second-order valence-corrected chi connectivity index (χ2v) is 10.7. The molecular formula is C32H33N3O5. The Balaban J connectivity index is 1.27. The predicted octanol–water partition coefficient (Wildman–Crippen LogP) is 4.32. The number of nitrogens with one attached hydrogen (secondary N) is 1. The van der Waals surface area contributed by atoms with E-state index < -0.39 is 12.1 Å². The van der Waals surface area contributed by atoms with Crippen LogP contribution in [-0.4, -0.2) is 64.5 Å². The molecule has 2 fully saturated rings. The first-order valence-corrected chi connectivity index (χ1v) is 13.6. The van der Waals surface area contributed by atoms with Crippen LogP contribution >= 0.6 is 0 Å². The van der Waals surface area contributed by atoms with Gasteiger partial charge in [-0.05, 0) is 67.3 Å². The Morgan fingerprint density at radius 3 is 2.12 bits per heavy atom. The van der Waals surface area contributed by atoms with Crippen molar-refractivity contribution >= 4 is 23.5 Å². The average Bonchev–Trinajstić information content (AvgIpc) is 3.54. The lowest BCUT2D eigenvalue weighted by molar-refractivity contribution is -0.138. The second-order valence-electron chi connectivity index (χ2n) is 10.7. The number of carbonyl (C=O) groups is 4. The zero-order chi connectivity index (χ0) is 28.2. The number of nitrogens with zero attached hydrogens (tertiary/aromatic N) is 2. The molecule has 0 aromatic heterocycles. The van der Waals surface area contributed by atoms with Crippen LogP contribution < -0.4 is 10.1 Å². The first kappa shape index (κ1) is 27.1. The van der Waals surface area contributed by atoms with Crippen LogP contribution in [0, 0.1) is 5.92 Å². The summed E-state index contributed by atoms with van der Waals surface area (Å²) in [5.74, 6) is 0.392. The summed E-state index contributed by atoms with van der Waals surface area (Å²) in [5, 5.41) is 2.90. The molecule has 2 aliphatic rings. The Labute approximate surface area is 233 Å². The molecule has 3 aromatic carbocycles. The molecule has 3 aromatic rings. The van der Waals surface area contributed by atoms with Gasteiger partial charge in [0.05, 0.1) is 12.6 Å². The minimum Gasteiger partial charge on any atom is -0.457 e. The van der Waals surface area contributed by atoms with Crippen molar-refractivity contribution in [2.45, 2.75) is 44.8 Å². The monoisotopic (exact) mass is 539 g/mol. The maximum Gasteiger partial charge on any atom is 0.254 e. The van der Waals surface area contributed by atoms with E-state index in [1.165, 1.54) is 0 Å². The molecule has 2 heterocycles. The van der Waals surface area contributed by atoms with Gasteiger partial charge in [-0.3, -0.25) is 19.2 Å². The standard InChI is InChI=1S/C32H33N3O5/c1-21(2)19-26(33-30(37)22-13-15-25(16-14-22)40-24-11-7-4-8-12-24)32(39)34-18-17-27-29(34)28(36)20-35(27)31(38)23-9-5-3-6-10-23/h3-16,21,26-27,29H,17-20H2,1-2H3,(H,33,37)/t26-,27?,29-/m0/s1. The second kappa shape index (κ2) is 11.7. The van der Waals surface area contributed by atoms with E-state index in [1.807, 2.05) is 50.2 Å². The first-order chi connectivity index (χ1) is 19.3. The van der Waals surface area contributed by atoms with Crippen molar-refractivity contribution < 1.29 is 23.9 Å². The molecule has 206 valence electrons. The van der Waals surface area contributed by atoms with Gasteiger partial charge >= 0.3 is 0 Å². The van der Waals surface area contributed by atoms with E-state index in [1.54, 1.807) is 58.3 Å². The highest BCUT2D eigenvalue weighted by Crippen LogP contribution is 2.32. The van der Waals surface area contributed by atoms with Crippen molar-refractivity contribution in [3.05, 3.63) is 96.1 Å². The van der Waals surface area contributed by atoms with Crippen LogP contribution in [0.5, 0.6) is 11.5 Å². The van der Waals surface area contributed by atoms with Gasteiger partial charge in [-0.2, -0.15) is 0 Å². The van der Waals surface area contributed by atoms with Gasteiger partial charge in [-0.15, -0.1) is 0 Å². The van der Waals surface area contributed by atoms with Crippen LogP contribution in [0.3, 0.4) is 0 Å². The summed E-state index contributed by atoms with van der Waals surface area (Å²) in [6.45, 7) is 4.30. The molecule has 3 atom stereocenters. The molecule has 0 aliphatic carbocycles. The third-order valence-electron chi connectivity index (χ3n) is 7.39. The number of para-hydroxylation sites is 1. The van der Waals surface area contributed by atoms with E-state index >= 15 is 0 Å². The first-order valence-electron chi connectivity index (χ1n) is 13.6. The fraction of sp³-hybridized carbons (Fsp3) is 0.312. The highest BCUT2D eigenvalue weighted by molar-refractivity contribution is 6.03. The third kappa shape index (κ3) is 5.76. The molecule has 8 nitrogen and oxygen atoms in total. The highest BCUT2D eigenvalue weighted by Gasteiger charge is 2.52. The number of rotatable bonds is 8. The Morgan fingerprint density at radius 2 is 1.48 bits per heavy atom. The molecule has 1 N–H and O–H groups in total. The number of hydrogen-bond acceptors (Lipinski definition) is 5. The van der Waals surface area contributed by atoms with Crippen LogP contribution in [-0.2, 0) is 9.59 Å². The number of ether oxygens (including phenoxy) is 1. The molecule has 3 amide bonds. The van der Waals surface area contributed by atoms with Gasteiger partial charge in [-0.1, -0.05) is 50.2 Å². The Morgan fingerprint density at radius 1 is 0.850 bits per heavy atom. The molecule has 0 spiro atoms. The van der Waals surface area contributed by atoms with E-state index in [9.17, 15) is 19.2 Å². The van der Waals surface area contributed by atoms with Crippen LogP contribution in [0.2, 0.25) is 0 Å². The maximum atomic E-state index is 13.8. The number of amides is 3. The van der Waals surface area contributed by atoms with Crippen molar-refractivity contribution in [2.24, 2.45) is 5.92 Å². The largest absolute Gasteiger partial charge is 0.457 e. The van der Waals surface area contributed by atoms with Crippen molar-refractivity contribution in [2.75, 3.05) is 13.1 Å². The predicted molar refractivity (Wildman–Crippen MR) is 150 cm³/mol. The van der Waals surface area contributed by atoms with Crippen LogP contribution in [0.1, 0.15) is 47.4 Å². The van der Waals surface area contributed by atoms with Gasteiger partial charge in [0.2, 0.25) is 5.91 Å². The van der Waals surface area contributed by atoms with E-state index in [0.29, 0.717) is 42.0 Å². The summed E-state index contributed by atoms with van der Waals surface area (Å²) in [6.07, 6.45) is 0.945. The van der Waals surface area contributed by atoms with Crippen molar-refractivity contribution in [3.8, 4) is 11.5 Å². The summed E-state index contributed by atoms with van der Waals surface area (Å²) in [7, 11) is 0. The maximum absolute atomic E-state index is 13.8. The van der Waals surface area contributed by atoms with Gasteiger partial charge in [-0.25, -0.2) is 0 Å². The minimum absolute atomic E-state index is 0.0224. The van der Waals surface area contributed by atoms with Crippen LogP contribution in [0.25, 0.3) is 0 Å². The van der Waals surface area contributed by atoms with Gasteiger partial charge in [0.25, 0.3) is 11.8 Å². The summed E-state index contributed by atoms with van der Waals surface area (Å²) >= 11 is 0.